The van der Waals surface area contributed by atoms with Gasteiger partial charge in [0.2, 0.25) is 0 Å². The van der Waals surface area contributed by atoms with E-state index >= 15 is 0 Å². The molecule has 0 spiro atoms. The number of likely N-dealkylation sites (N-methyl/N-ethyl adjacent to an activating group) is 1. The van der Waals surface area contributed by atoms with E-state index in [1.165, 1.54) is 19.3 Å². The van der Waals surface area contributed by atoms with Gasteiger partial charge in [-0.2, -0.15) is 0 Å². The van der Waals surface area contributed by atoms with Crippen molar-refractivity contribution in [3.05, 3.63) is 0 Å². The lowest BCUT2D eigenvalue weighted by molar-refractivity contribution is 0.0639. The van der Waals surface area contributed by atoms with E-state index in [9.17, 15) is 10.2 Å². The highest BCUT2D eigenvalue weighted by molar-refractivity contribution is 4.89. The molecule has 1 heterocycles. The van der Waals surface area contributed by atoms with Crippen LogP contribution in [-0.4, -0.2) is 72.0 Å². The van der Waals surface area contributed by atoms with Gasteiger partial charge in [0.15, 0.2) is 0 Å². The number of nitrogens with zero attached hydrogens (tertiary/aromatic N) is 2. The molecule has 0 amide bonds. The zero-order valence-electron chi connectivity index (χ0n) is 12.5. The highest BCUT2D eigenvalue weighted by Crippen LogP contribution is 2.27. The summed E-state index contributed by atoms with van der Waals surface area (Å²) in [6.07, 6.45) is 6.33. The number of aliphatic hydroxyl groups excluding tert-OH is 2. The summed E-state index contributed by atoms with van der Waals surface area (Å²) in [4.78, 5) is 4.60. The first-order chi connectivity index (χ1) is 9.06. The highest BCUT2D eigenvalue weighted by atomic mass is 16.3. The van der Waals surface area contributed by atoms with Crippen LogP contribution < -0.4 is 0 Å². The van der Waals surface area contributed by atoms with Crippen LogP contribution in [-0.2, 0) is 0 Å². The molecule has 2 aliphatic rings. The predicted molar refractivity (Wildman–Crippen MR) is 77.1 cm³/mol. The molecule has 0 bridgehead atoms. The molecule has 1 saturated carbocycles. The largest absolute Gasteiger partial charge is 0.393 e. The molecule has 19 heavy (non-hydrogen) atoms. The van der Waals surface area contributed by atoms with E-state index in [4.69, 9.17) is 0 Å². The SMILES string of the molecule is CN(C)CC1CC(O)CN1CC1CCCCCC1O. The van der Waals surface area contributed by atoms with Gasteiger partial charge in [-0.05, 0) is 39.3 Å². The molecule has 0 aromatic carbocycles. The fourth-order valence-electron chi connectivity index (χ4n) is 3.67. The molecule has 0 radical (unpaired) electrons. The molecule has 0 aromatic rings. The Morgan fingerprint density at radius 1 is 1.11 bits per heavy atom. The molecule has 4 unspecified atom stereocenters. The van der Waals surface area contributed by atoms with Crippen molar-refractivity contribution in [3.8, 4) is 0 Å². The lowest BCUT2D eigenvalue weighted by Crippen LogP contribution is -2.42. The second-order valence-corrected chi connectivity index (χ2v) is 6.72. The third-order valence-electron chi connectivity index (χ3n) is 4.67. The predicted octanol–water partition coefficient (Wildman–Crippen LogP) is 0.924. The van der Waals surface area contributed by atoms with E-state index < -0.39 is 0 Å². The van der Waals surface area contributed by atoms with Gasteiger partial charge in [-0.15, -0.1) is 0 Å². The molecule has 1 aliphatic heterocycles. The molecule has 1 saturated heterocycles. The van der Waals surface area contributed by atoms with E-state index in [1.807, 2.05) is 0 Å². The van der Waals surface area contributed by atoms with Gasteiger partial charge >= 0.3 is 0 Å². The normalized spacial score (nSPS) is 37.7. The second-order valence-electron chi connectivity index (χ2n) is 6.72. The van der Waals surface area contributed by atoms with Crippen molar-refractivity contribution in [3.63, 3.8) is 0 Å². The van der Waals surface area contributed by atoms with Crippen LogP contribution in [0.1, 0.15) is 38.5 Å². The molecule has 4 atom stereocenters. The van der Waals surface area contributed by atoms with E-state index in [1.54, 1.807) is 0 Å². The Labute approximate surface area is 117 Å². The van der Waals surface area contributed by atoms with Gasteiger partial charge in [0.05, 0.1) is 12.2 Å². The van der Waals surface area contributed by atoms with Crippen LogP contribution in [0.4, 0.5) is 0 Å². The lowest BCUT2D eigenvalue weighted by Gasteiger charge is -2.31. The van der Waals surface area contributed by atoms with Gasteiger partial charge in [0.1, 0.15) is 0 Å². The van der Waals surface area contributed by atoms with Crippen LogP contribution in [0, 0.1) is 5.92 Å². The first-order valence-electron chi connectivity index (χ1n) is 7.81. The first kappa shape index (κ1) is 15.2. The number of hydrogen-bond donors (Lipinski definition) is 2. The van der Waals surface area contributed by atoms with Crippen molar-refractivity contribution >= 4 is 0 Å². The fourth-order valence-corrected chi connectivity index (χ4v) is 3.67. The fraction of sp³-hybridized carbons (Fsp3) is 1.00. The van der Waals surface area contributed by atoms with Gasteiger partial charge in [-0.3, -0.25) is 4.90 Å². The van der Waals surface area contributed by atoms with Crippen LogP contribution in [0.5, 0.6) is 0 Å². The zero-order valence-corrected chi connectivity index (χ0v) is 12.5. The third-order valence-corrected chi connectivity index (χ3v) is 4.67. The summed E-state index contributed by atoms with van der Waals surface area (Å²) >= 11 is 0. The average Bonchev–Trinajstić information content (AvgIpc) is 2.53. The molecule has 2 N–H and O–H groups in total. The Morgan fingerprint density at radius 2 is 1.84 bits per heavy atom. The summed E-state index contributed by atoms with van der Waals surface area (Å²) in [7, 11) is 4.17. The van der Waals surface area contributed by atoms with Crippen LogP contribution in [0.15, 0.2) is 0 Å². The van der Waals surface area contributed by atoms with Gasteiger partial charge in [0.25, 0.3) is 0 Å². The van der Waals surface area contributed by atoms with Gasteiger partial charge in [-0.1, -0.05) is 19.3 Å². The minimum absolute atomic E-state index is 0.139. The number of β-amino-alcohol motifs (C(OH)–C–C–N with tert-alkyl or cyclic N) is 1. The van der Waals surface area contributed by atoms with Crippen molar-refractivity contribution in [2.75, 3.05) is 33.7 Å². The Kier molecular flexibility index (Phi) is 5.63. The molecule has 2 rings (SSSR count). The number of aliphatic hydroxyl groups is 2. The quantitative estimate of drug-likeness (QED) is 0.746. The monoisotopic (exact) mass is 270 g/mol. The van der Waals surface area contributed by atoms with E-state index in [-0.39, 0.29) is 12.2 Å². The van der Waals surface area contributed by atoms with E-state index in [2.05, 4.69) is 23.9 Å². The molecule has 4 nitrogen and oxygen atoms in total. The molecular weight excluding hydrogens is 240 g/mol. The van der Waals surface area contributed by atoms with Crippen molar-refractivity contribution in [2.45, 2.75) is 56.8 Å². The minimum Gasteiger partial charge on any atom is -0.393 e. The summed E-state index contributed by atoms with van der Waals surface area (Å²) in [5.41, 5.74) is 0. The Balaban J connectivity index is 1.91. The van der Waals surface area contributed by atoms with E-state index in [0.717, 1.165) is 38.9 Å². The molecule has 2 fully saturated rings. The maximum absolute atomic E-state index is 10.2. The van der Waals surface area contributed by atoms with Crippen LogP contribution in [0.3, 0.4) is 0 Å². The first-order valence-corrected chi connectivity index (χ1v) is 7.81. The van der Waals surface area contributed by atoms with Crippen molar-refractivity contribution in [1.29, 1.82) is 0 Å². The minimum atomic E-state index is -0.187. The molecule has 4 heteroatoms. The third kappa shape index (κ3) is 4.42. The standard InChI is InChI=1S/C15H30N2O2/c1-16(2)10-13-8-14(18)11-17(13)9-12-6-4-3-5-7-15(12)19/h12-15,18-19H,3-11H2,1-2H3. The van der Waals surface area contributed by atoms with Crippen LogP contribution in [0.2, 0.25) is 0 Å². The second kappa shape index (κ2) is 7.02. The summed E-state index contributed by atoms with van der Waals surface area (Å²) in [6.45, 7) is 2.73. The summed E-state index contributed by atoms with van der Waals surface area (Å²) in [6, 6.07) is 0.445. The van der Waals surface area contributed by atoms with Gasteiger partial charge < -0.3 is 15.1 Å². The van der Waals surface area contributed by atoms with Crippen LogP contribution in [0.25, 0.3) is 0 Å². The molecular formula is C15H30N2O2. The summed E-state index contributed by atoms with van der Waals surface area (Å²) in [5.74, 6) is 0.400. The molecule has 112 valence electrons. The number of likely N-dealkylation sites (tertiary alicyclic amines) is 1. The van der Waals surface area contributed by atoms with Gasteiger partial charge in [-0.25, -0.2) is 0 Å². The molecule has 1 aliphatic carbocycles. The Bertz CT molecular complexity index is 273. The maximum atomic E-state index is 10.2. The van der Waals surface area contributed by atoms with Gasteiger partial charge in [0, 0.05) is 25.7 Å². The van der Waals surface area contributed by atoms with Crippen LogP contribution >= 0.6 is 0 Å². The molecule has 0 aromatic heterocycles. The Morgan fingerprint density at radius 3 is 2.58 bits per heavy atom. The number of hydrogen-bond acceptors (Lipinski definition) is 4. The summed E-state index contributed by atoms with van der Waals surface area (Å²) in [5, 5.41) is 20.2. The van der Waals surface area contributed by atoms with Crippen molar-refractivity contribution in [1.82, 2.24) is 9.80 Å². The highest BCUT2D eigenvalue weighted by Gasteiger charge is 2.34. The van der Waals surface area contributed by atoms with E-state index in [0.29, 0.717) is 12.0 Å². The number of rotatable bonds is 4. The lowest BCUT2D eigenvalue weighted by atomic mass is 9.96. The summed E-state index contributed by atoms with van der Waals surface area (Å²) < 4.78 is 0. The topological polar surface area (TPSA) is 46.9 Å². The van der Waals surface area contributed by atoms with Crippen molar-refractivity contribution < 1.29 is 10.2 Å². The smallest absolute Gasteiger partial charge is 0.0682 e. The average molecular weight is 270 g/mol. The van der Waals surface area contributed by atoms with Crippen molar-refractivity contribution in [2.24, 2.45) is 5.92 Å². The Hall–Kier alpha value is -0.160. The maximum Gasteiger partial charge on any atom is 0.0682 e. The zero-order chi connectivity index (χ0) is 13.8.